The quantitative estimate of drug-likeness (QED) is 0.294. The van der Waals surface area contributed by atoms with Crippen molar-refractivity contribution < 1.29 is 23.1 Å². The smallest absolute Gasteiger partial charge is 0.475 e. The number of nitrogens with zero attached hydrogens (tertiary/aromatic N) is 4. The van der Waals surface area contributed by atoms with Crippen LogP contribution < -0.4 is 0 Å². The van der Waals surface area contributed by atoms with E-state index in [2.05, 4.69) is 100 Å². The minimum Gasteiger partial charge on any atom is -0.475 e. The van der Waals surface area contributed by atoms with Crippen LogP contribution in [0, 0.1) is 6.92 Å². The molecule has 1 aromatic heterocycles. The third kappa shape index (κ3) is 7.81. The van der Waals surface area contributed by atoms with Crippen LogP contribution in [0.25, 0.3) is 33.5 Å². The third-order valence-corrected chi connectivity index (χ3v) is 8.42. The van der Waals surface area contributed by atoms with Crippen LogP contribution in [0.2, 0.25) is 0 Å². The highest BCUT2D eigenvalue weighted by Gasteiger charge is 2.38. The Morgan fingerprint density at radius 1 is 0.884 bits per heavy atom. The van der Waals surface area contributed by atoms with Crippen molar-refractivity contribution in [3.8, 4) is 22.5 Å². The molecule has 0 atom stereocenters. The van der Waals surface area contributed by atoms with E-state index < -0.39 is 12.1 Å². The fraction of sp³-hybridized carbons (Fsp3) is 0.394. The first-order chi connectivity index (χ1) is 20.6. The van der Waals surface area contributed by atoms with Crippen molar-refractivity contribution in [1.82, 2.24) is 24.7 Å². The molecule has 3 heterocycles. The van der Waals surface area contributed by atoms with Crippen LogP contribution in [0.3, 0.4) is 0 Å². The van der Waals surface area contributed by atoms with E-state index in [9.17, 15) is 13.2 Å². The number of aryl methyl sites for hydroxylation is 1. The second kappa shape index (κ2) is 13.3. The summed E-state index contributed by atoms with van der Waals surface area (Å²) in [7, 11) is 2.25. The average molecular weight is 594 g/mol. The van der Waals surface area contributed by atoms with E-state index in [1.54, 1.807) is 0 Å². The molecule has 0 radical (unpaired) electrons. The van der Waals surface area contributed by atoms with Gasteiger partial charge in [-0.2, -0.15) is 13.2 Å². The number of hydrogen-bond donors (Lipinski definition) is 2. The molecule has 10 heteroatoms. The zero-order chi connectivity index (χ0) is 30.6. The van der Waals surface area contributed by atoms with Crippen molar-refractivity contribution in [2.45, 2.75) is 38.5 Å². The van der Waals surface area contributed by atoms with Gasteiger partial charge in [0.25, 0.3) is 0 Å². The molecule has 2 saturated heterocycles. The molecule has 4 aromatic rings. The first kappa shape index (κ1) is 30.7. The number of aromatic amines is 1. The second-order valence-corrected chi connectivity index (χ2v) is 11.5. The molecule has 6 rings (SSSR count). The number of aliphatic carboxylic acids is 1. The summed E-state index contributed by atoms with van der Waals surface area (Å²) in [6, 6.07) is 24.9. The van der Waals surface area contributed by atoms with Gasteiger partial charge in [0.05, 0.1) is 11.0 Å². The highest BCUT2D eigenvalue weighted by atomic mass is 19.4. The Morgan fingerprint density at radius 2 is 1.44 bits per heavy atom. The monoisotopic (exact) mass is 593 g/mol. The van der Waals surface area contributed by atoms with Gasteiger partial charge in [-0.05, 0) is 68.2 Å². The maximum absolute atomic E-state index is 10.6. The number of piperazine rings is 1. The van der Waals surface area contributed by atoms with Crippen LogP contribution in [-0.2, 0) is 11.3 Å². The van der Waals surface area contributed by atoms with Crippen LogP contribution in [0.15, 0.2) is 66.7 Å². The number of alkyl halides is 3. The molecule has 0 spiro atoms. The molecule has 228 valence electrons. The number of aromatic nitrogens is 2. The van der Waals surface area contributed by atoms with E-state index in [4.69, 9.17) is 14.9 Å². The van der Waals surface area contributed by atoms with Crippen molar-refractivity contribution in [3.05, 3.63) is 77.9 Å². The minimum atomic E-state index is -5.08. The van der Waals surface area contributed by atoms with Crippen LogP contribution in [0.5, 0.6) is 0 Å². The number of nitrogens with one attached hydrogen (secondary N) is 1. The van der Waals surface area contributed by atoms with Crippen molar-refractivity contribution in [3.63, 3.8) is 0 Å². The Hall–Kier alpha value is -3.73. The van der Waals surface area contributed by atoms with E-state index in [0.29, 0.717) is 0 Å². The molecule has 0 amide bonds. The minimum absolute atomic E-state index is 0.796. The van der Waals surface area contributed by atoms with Gasteiger partial charge in [0.2, 0.25) is 0 Å². The fourth-order valence-electron chi connectivity index (χ4n) is 5.84. The van der Waals surface area contributed by atoms with Crippen molar-refractivity contribution in [2.24, 2.45) is 0 Å². The standard InChI is InChI=1S/C31H37N5.C2HF3O2/c1-23-4-3-5-29-30(23)33-31(32-29)27-12-10-26(11-13-27)25-8-6-24(7-9-25)22-35-18-20-36(21-19-35)28-14-16-34(2)17-15-28;3-2(4,5)1(6)7/h3-13,28H,14-22H2,1-2H3,(H,32,33);(H,6,7). The molecule has 3 aromatic carbocycles. The van der Waals surface area contributed by atoms with Gasteiger partial charge in [-0.3, -0.25) is 9.80 Å². The number of rotatable bonds is 5. The Balaban J connectivity index is 0.000000472. The molecule has 43 heavy (non-hydrogen) atoms. The number of hydrogen-bond acceptors (Lipinski definition) is 5. The lowest BCUT2D eigenvalue weighted by atomic mass is 10.0. The van der Waals surface area contributed by atoms with Crippen molar-refractivity contribution >= 4 is 17.0 Å². The Labute approximate surface area is 249 Å². The number of piperidine rings is 1. The average Bonchev–Trinajstić information content (AvgIpc) is 3.44. The number of para-hydroxylation sites is 1. The zero-order valence-electron chi connectivity index (χ0n) is 24.6. The summed E-state index contributed by atoms with van der Waals surface area (Å²) < 4.78 is 31.7. The predicted octanol–water partition coefficient (Wildman–Crippen LogP) is 6.05. The topological polar surface area (TPSA) is 75.7 Å². The second-order valence-electron chi connectivity index (χ2n) is 11.5. The number of fused-ring (bicyclic) bond motifs is 1. The molecule has 0 aliphatic carbocycles. The molecule has 2 N–H and O–H groups in total. The number of imidazole rings is 1. The first-order valence-electron chi connectivity index (χ1n) is 14.7. The van der Waals surface area contributed by atoms with Gasteiger partial charge in [0.15, 0.2) is 0 Å². The largest absolute Gasteiger partial charge is 0.490 e. The molecule has 0 saturated carbocycles. The Bertz CT molecular complexity index is 1500. The van der Waals surface area contributed by atoms with E-state index in [-0.39, 0.29) is 0 Å². The van der Waals surface area contributed by atoms with Gasteiger partial charge in [-0.15, -0.1) is 0 Å². The molecule has 7 nitrogen and oxygen atoms in total. The summed E-state index contributed by atoms with van der Waals surface area (Å²) in [6.07, 6.45) is -2.42. The Morgan fingerprint density at radius 3 is 2.00 bits per heavy atom. The number of carbonyl (C=O) groups is 1. The number of carboxylic acids is 1. The van der Waals surface area contributed by atoms with E-state index in [1.165, 1.54) is 74.4 Å². The molecule has 2 aliphatic heterocycles. The van der Waals surface area contributed by atoms with Crippen LogP contribution in [-0.4, -0.2) is 94.3 Å². The lowest BCUT2D eigenvalue weighted by molar-refractivity contribution is -0.192. The SMILES string of the molecule is Cc1cccc2[nH]c(-c3ccc(-c4ccc(CN5CCN(C6CCN(C)CC6)CC5)cc4)cc3)nc12.O=C(O)C(F)(F)F. The van der Waals surface area contributed by atoms with Crippen molar-refractivity contribution in [1.29, 1.82) is 0 Å². The van der Waals surface area contributed by atoms with Gasteiger partial charge in [-0.1, -0.05) is 60.7 Å². The highest BCUT2D eigenvalue weighted by molar-refractivity contribution is 5.82. The maximum atomic E-state index is 10.6. The fourth-order valence-corrected chi connectivity index (χ4v) is 5.84. The molecular weight excluding hydrogens is 555 g/mol. The maximum Gasteiger partial charge on any atom is 0.490 e. The summed E-state index contributed by atoms with van der Waals surface area (Å²) in [6.45, 7) is 10.4. The predicted molar refractivity (Wildman–Crippen MR) is 163 cm³/mol. The summed E-state index contributed by atoms with van der Waals surface area (Å²) in [5.74, 6) is -1.83. The summed E-state index contributed by atoms with van der Waals surface area (Å²) in [5.41, 5.74) is 8.36. The molecule has 0 unspecified atom stereocenters. The van der Waals surface area contributed by atoms with Gasteiger partial charge >= 0.3 is 12.1 Å². The van der Waals surface area contributed by atoms with Crippen LogP contribution in [0.1, 0.15) is 24.0 Å². The van der Waals surface area contributed by atoms with Crippen LogP contribution in [0.4, 0.5) is 13.2 Å². The lowest BCUT2D eigenvalue weighted by Gasteiger charge is -2.42. The summed E-state index contributed by atoms with van der Waals surface area (Å²) in [5, 5.41) is 7.12. The molecule has 0 bridgehead atoms. The van der Waals surface area contributed by atoms with E-state index >= 15 is 0 Å². The molecular formula is C33H38F3N5O2. The number of H-pyrrole nitrogens is 1. The van der Waals surface area contributed by atoms with Gasteiger partial charge < -0.3 is 15.0 Å². The third-order valence-electron chi connectivity index (χ3n) is 8.42. The number of likely N-dealkylation sites (tertiary alicyclic amines) is 1. The first-order valence-corrected chi connectivity index (χ1v) is 14.7. The summed E-state index contributed by atoms with van der Waals surface area (Å²) in [4.78, 5) is 25.0. The van der Waals surface area contributed by atoms with Crippen LogP contribution >= 0.6 is 0 Å². The summed E-state index contributed by atoms with van der Waals surface area (Å²) >= 11 is 0. The van der Waals surface area contributed by atoms with Gasteiger partial charge in [0.1, 0.15) is 5.82 Å². The van der Waals surface area contributed by atoms with E-state index in [1.807, 2.05) is 0 Å². The molecule has 2 fully saturated rings. The highest BCUT2D eigenvalue weighted by Crippen LogP contribution is 2.27. The van der Waals surface area contributed by atoms with Gasteiger partial charge in [0, 0.05) is 44.3 Å². The number of carboxylic acid groups (broad SMARTS) is 1. The zero-order valence-corrected chi connectivity index (χ0v) is 24.6. The normalized spacial score (nSPS) is 17.5. The van der Waals surface area contributed by atoms with E-state index in [0.717, 1.165) is 35.0 Å². The lowest BCUT2D eigenvalue weighted by Crippen LogP contribution is -2.52. The van der Waals surface area contributed by atoms with Crippen molar-refractivity contribution in [2.75, 3.05) is 46.3 Å². The van der Waals surface area contributed by atoms with Gasteiger partial charge in [-0.25, -0.2) is 9.78 Å². The molecule has 2 aliphatic rings. The number of halogens is 3. The Kier molecular flexibility index (Phi) is 9.49. The number of benzene rings is 3.